The first-order valence-corrected chi connectivity index (χ1v) is 3.45. The van der Waals surface area contributed by atoms with Crippen LogP contribution in [0.3, 0.4) is 0 Å². The maximum absolute atomic E-state index is 10.6. The van der Waals surface area contributed by atoms with Crippen LogP contribution in [0.2, 0.25) is 0 Å². The van der Waals surface area contributed by atoms with Crippen molar-refractivity contribution in [2.75, 3.05) is 5.32 Å². The first kappa shape index (κ1) is 7.78. The molecule has 1 rings (SSSR count). The molecule has 0 unspecified atom stereocenters. The molecule has 0 bridgehead atoms. The molecule has 11 heavy (non-hydrogen) atoms. The Morgan fingerprint density at radius 1 is 1.91 bits per heavy atom. The summed E-state index contributed by atoms with van der Waals surface area (Å²) in [5.41, 5.74) is 0. The molecule has 0 saturated carbocycles. The predicted molar refractivity (Wildman–Crippen MR) is 41.0 cm³/mol. The molecule has 1 aromatic rings. The fourth-order valence-corrected chi connectivity index (χ4v) is 0.783. The first-order chi connectivity index (χ1) is 5.24. The van der Waals surface area contributed by atoms with Crippen LogP contribution in [0.25, 0.3) is 0 Å². The molecule has 1 amide bonds. The van der Waals surface area contributed by atoms with E-state index in [1.54, 1.807) is 10.8 Å². The average Bonchev–Trinajstić information content (AvgIpc) is 2.34. The van der Waals surface area contributed by atoms with Crippen molar-refractivity contribution < 1.29 is 4.79 Å². The van der Waals surface area contributed by atoms with E-state index in [-0.39, 0.29) is 5.91 Å². The van der Waals surface area contributed by atoms with E-state index in [2.05, 4.69) is 16.5 Å². The van der Waals surface area contributed by atoms with E-state index in [1.165, 1.54) is 6.92 Å². The third-order valence-electron chi connectivity index (χ3n) is 1.28. The molecule has 0 atom stereocenters. The lowest BCUT2D eigenvalue weighted by molar-refractivity contribution is -0.114. The highest BCUT2D eigenvalue weighted by molar-refractivity contribution is 5.86. The number of hydrogen-bond donors (Lipinski definition) is 1. The van der Waals surface area contributed by atoms with Crippen molar-refractivity contribution in [1.29, 1.82) is 0 Å². The number of aryl methyl sites for hydroxylation is 1. The normalized spacial score (nSPS) is 9.64. The molecule has 1 N–H and O–H groups in total. The molecule has 0 saturated heterocycles. The zero-order valence-electron chi connectivity index (χ0n) is 6.59. The second-order valence-corrected chi connectivity index (χ2v) is 2.16. The lowest BCUT2D eigenvalue weighted by Gasteiger charge is -2.02. The van der Waals surface area contributed by atoms with Gasteiger partial charge in [-0.15, -0.1) is 0 Å². The van der Waals surface area contributed by atoms with Crippen molar-refractivity contribution in [1.82, 2.24) is 9.55 Å². The first-order valence-electron chi connectivity index (χ1n) is 3.45. The number of nitrogens with zero attached hydrogens (tertiary/aromatic N) is 2. The van der Waals surface area contributed by atoms with Crippen LogP contribution in [0.1, 0.15) is 13.8 Å². The fourth-order valence-electron chi connectivity index (χ4n) is 0.783. The molecule has 1 heterocycles. The Balaban J connectivity index is 2.76. The molecule has 0 aliphatic carbocycles. The van der Waals surface area contributed by atoms with Crippen molar-refractivity contribution in [3.8, 4) is 0 Å². The van der Waals surface area contributed by atoms with Crippen molar-refractivity contribution in [2.45, 2.75) is 20.4 Å². The largest absolute Gasteiger partial charge is 0.317 e. The number of anilines is 1. The van der Waals surface area contributed by atoms with Gasteiger partial charge in [-0.2, -0.15) is 0 Å². The molecule has 0 spiro atoms. The Bertz CT molecular complexity index is 254. The maximum Gasteiger partial charge on any atom is 0.223 e. The van der Waals surface area contributed by atoms with E-state index >= 15 is 0 Å². The number of carbonyl (C=O) groups excluding carboxylic acids is 1. The van der Waals surface area contributed by atoms with Gasteiger partial charge in [0.15, 0.2) is 0 Å². The SMILES string of the molecule is CCn1c[c]nc1NC(C)=O. The number of carbonyl (C=O) groups is 1. The number of imidazole rings is 1. The van der Waals surface area contributed by atoms with Crippen LogP contribution in [0.5, 0.6) is 0 Å². The quantitative estimate of drug-likeness (QED) is 0.676. The van der Waals surface area contributed by atoms with Gasteiger partial charge in [0.2, 0.25) is 11.9 Å². The zero-order chi connectivity index (χ0) is 8.27. The summed E-state index contributed by atoms with van der Waals surface area (Å²) >= 11 is 0. The van der Waals surface area contributed by atoms with Crippen LogP contribution in [0, 0.1) is 6.20 Å². The molecule has 0 aliphatic heterocycles. The summed E-state index contributed by atoms with van der Waals surface area (Å²) in [5.74, 6) is 0.444. The average molecular weight is 152 g/mol. The minimum absolute atomic E-state index is 0.112. The van der Waals surface area contributed by atoms with Crippen molar-refractivity contribution >= 4 is 11.9 Å². The highest BCUT2D eigenvalue weighted by atomic mass is 16.1. The van der Waals surface area contributed by atoms with E-state index in [0.717, 1.165) is 6.54 Å². The molecular formula is C7H10N3O. The van der Waals surface area contributed by atoms with Gasteiger partial charge in [0.05, 0.1) is 0 Å². The molecule has 1 aromatic heterocycles. The second kappa shape index (κ2) is 3.18. The molecule has 4 nitrogen and oxygen atoms in total. The Labute approximate surface area is 65.2 Å². The molecule has 1 radical (unpaired) electrons. The lowest BCUT2D eigenvalue weighted by atomic mass is 10.6. The summed E-state index contributed by atoms with van der Waals surface area (Å²) in [6.07, 6.45) is 4.35. The molecule has 0 aromatic carbocycles. The minimum atomic E-state index is -0.112. The van der Waals surface area contributed by atoms with Gasteiger partial charge < -0.3 is 4.57 Å². The zero-order valence-corrected chi connectivity index (χ0v) is 6.59. The Morgan fingerprint density at radius 2 is 2.64 bits per heavy atom. The lowest BCUT2D eigenvalue weighted by Crippen LogP contribution is -2.11. The second-order valence-electron chi connectivity index (χ2n) is 2.16. The monoisotopic (exact) mass is 152 g/mol. The van der Waals surface area contributed by atoms with Gasteiger partial charge >= 0.3 is 0 Å². The Kier molecular flexibility index (Phi) is 2.25. The predicted octanol–water partition coefficient (Wildman–Crippen LogP) is 0.662. The van der Waals surface area contributed by atoms with E-state index < -0.39 is 0 Å². The van der Waals surface area contributed by atoms with Crippen LogP contribution in [-0.2, 0) is 11.3 Å². The highest BCUT2D eigenvalue weighted by Gasteiger charge is 2.00. The number of amides is 1. The van der Waals surface area contributed by atoms with Crippen LogP contribution < -0.4 is 5.32 Å². The van der Waals surface area contributed by atoms with Crippen molar-refractivity contribution in [3.05, 3.63) is 12.4 Å². The maximum atomic E-state index is 10.6. The van der Waals surface area contributed by atoms with Crippen molar-refractivity contribution in [2.24, 2.45) is 0 Å². The van der Waals surface area contributed by atoms with Gasteiger partial charge in [-0.3, -0.25) is 10.1 Å². The van der Waals surface area contributed by atoms with Gasteiger partial charge in [-0.25, -0.2) is 4.98 Å². The minimum Gasteiger partial charge on any atom is -0.317 e. The van der Waals surface area contributed by atoms with E-state index in [9.17, 15) is 4.79 Å². The molecule has 59 valence electrons. The third-order valence-corrected chi connectivity index (χ3v) is 1.28. The summed E-state index contributed by atoms with van der Waals surface area (Å²) in [5, 5.41) is 2.59. The Hall–Kier alpha value is -1.32. The van der Waals surface area contributed by atoms with Crippen LogP contribution in [0.4, 0.5) is 5.95 Å². The van der Waals surface area contributed by atoms with Gasteiger partial charge in [-0.05, 0) is 6.92 Å². The molecule has 0 aliphatic rings. The van der Waals surface area contributed by atoms with E-state index in [1.807, 2.05) is 6.92 Å². The molecule has 4 heteroatoms. The van der Waals surface area contributed by atoms with Crippen LogP contribution in [-0.4, -0.2) is 15.5 Å². The van der Waals surface area contributed by atoms with E-state index in [4.69, 9.17) is 0 Å². The van der Waals surface area contributed by atoms with Crippen LogP contribution >= 0.6 is 0 Å². The third kappa shape index (κ3) is 1.80. The van der Waals surface area contributed by atoms with Gasteiger partial charge in [0.25, 0.3) is 0 Å². The number of hydrogen-bond acceptors (Lipinski definition) is 2. The highest BCUT2D eigenvalue weighted by Crippen LogP contribution is 2.01. The summed E-state index contributed by atoms with van der Waals surface area (Å²) in [6, 6.07) is 0. The number of rotatable bonds is 2. The summed E-state index contributed by atoms with van der Waals surface area (Å²) in [6.45, 7) is 4.21. The van der Waals surface area contributed by atoms with E-state index in [0.29, 0.717) is 5.95 Å². The van der Waals surface area contributed by atoms with Crippen molar-refractivity contribution in [3.63, 3.8) is 0 Å². The number of aromatic nitrogens is 2. The van der Waals surface area contributed by atoms with Gasteiger partial charge in [-0.1, -0.05) is 0 Å². The molecular weight excluding hydrogens is 142 g/mol. The number of nitrogens with one attached hydrogen (secondary N) is 1. The smallest absolute Gasteiger partial charge is 0.223 e. The van der Waals surface area contributed by atoms with Crippen LogP contribution in [0.15, 0.2) is 6.20 Å². The summed E-state index contributed by atoms with van der Waals surface area (Å²) in [7, 11) is 0. The Morgan fingerprint density at radius 3 is 3.18 bits per heavy atom. The summed E-state index contributed by atoms with van der Waals surface area (Å²) < 4.78 is 1.81. The fraction of sp³-hybridized carbons (Fsp3) is 0.429. The molecule has 0 fully saturated rings. The van der Waals surface area contributed by atoms with Gasteiger partial charge in [0, 0.05) is 19.7 Å². The topological polar surface area (TPSA) is 46.9 Å². The van der Waals surface area contributed by atoms with Gasteiger partial charge in [0.1, 0.15) is 6.20 Å². The summed E-state index contributed by atoms with van der Waals surface area (Å²) in [4.78, 5) is 14.4. The standard InChI is InChI=1S/C7H10N3O/c1-3-10-5-4-8-7(10)9-6(2)11/h5H,3H2,1-2H3,(H,8,9,11).